The highest BCUT2D eigenvalue weighted by molar-refractivity contribution is 5.31. The van der Waals surface area contributed by atoms with Crippen LogP contribution in [0.25, 0.3) is 0 Å². The molecule has 2 heteroatoms. The molecule has 14 heavy (non-hydrogen) atoms. The van der Waals surface area contributed by atoms with Crippen LogP contribution in [0.5, 0.6) is 5.75 Å². The van der Waals surface area contributed by atoms with Crippen LogP contribution in [0.4, 0.5) is 4.39 Å². The maximum atomic E-state index is 13.1. The van der Waals surface area contributed by atoms with E-state index < -0.39 is 0 Å². The van der Waals surface area contributed by atoms with Gasteiger partial charge in [0.1, 0.15) is 11.6 Å². The molecule has 1 aromatic rings. The molecule has 0 amide bonds. The highest BCUT2D eigenvalue weighted by atomic mass is 19.1. The van der Waals surface area contributed by atoms with Crippen LogP contribution < -0.4 is 4.74 Å². The Kier molecular flexibility index (Phi) is 3.93. The van der Waals surface area contributed by atoms with E-state index in [1.807, 2.05) is 6.07 Å². The fraction of sp³-hybridized carbons (Fsp3) is 0.500. The lowest BCUT2D eigenvalue weighted by Gasteiger charge is -2.11. The number of rotatable bonds is 4. The average Bonchev–Trinajstić information content (AvgIpc) is 2.17. The average molecular weight is 196 g/mol. The molecule has 0 aliphatic carbocycles. The Morgan fingerprint density at radius 1 is 1.36 bits per heavy atom. The largest absolute Gasteiger partial charge is 0.497 e. The molecule has 0 saturated carbocycles. The number of halogens is 1. The molecule has 0 fully saturated rings. The van der Waals surface area contributed by atoms with Gasteiger partial charge in [-0.05, 0) is 30.0 Å². The third-order valence-corrected chi connectivity index (χ3v) is 2.42. The molecular formula is C12H17FO. The Balaban J connectivity index is 2.90. The highest BCUT2D eigenvalue weighted by Gasteiger charge is 2.07. The number of hydrogen-bond donors (Lipinski definition) is 0. The summed E-state index contributed by atoms with van der Waals surface area (Å²) in [6.07, 6.45) is 2.19. The lowest BCUT2D eigenvalue weighted by atomic mass is 9.96. The monoisotopic (exact) mass is 196 g/mol. The van der Waals surface area contributed by atoms with E-state index in [0.717, 1.165) is 18.4 Å². The molecule has 0 spiro atoms. The van der Waals surface area contributed by atoms with Gasteiger partial charge >= 0.3 is 0 Å². The molecule has 1 nitrogen and oxygen atoms in total. The van der Waals surface area contributed by atoms with Crippen LogP contribution in [0.15, 0.2) is 18.2 Å². The highest BCUT2D eigenvalue weighted by Crippen LogP contribution is 2.25. The minimum Gasteiger partial charge on any atom is -0.497 e. The van der Waals surface area contributed by atoms with E-state index in [9.17, 15) is 4.39 Å². The molecule has 0 heterocycles. The summed E-state index contributed by atoms with van der Waals surface area (Å²) in [6, 6.07) is 4.90. The molecule has 0 aliphatic rings. The van der Waals surface area contributed by atoms with E-state index in [1.165, 1.54) is 6.07 Å². The Morgan fingerprint density at radius 3 is 2.64 bits per heavy atom. The standard InChI is InChI=1S/C12H17FO/c1-4-5-9(2)10-6-11(13)8-12(7-10)14-3/h6-9H,4-5H2,1-3H3. The predicted molar refractivity (Wildman–Crippen MR) is 56.3 cm³/mol. The quantitative estimate of drug-likeness (QED) is 0.712. The maximum Gasteiger partial charge on any atom is 0.127 e. The van der Waals surface area contributed by atoms with Gasteiger partial charge in [-0.25, -0.2) is 4.39 Å². The molecule has 0 N–H and O–H groups in total. The zero-order valence-corrected chi connectivity index (χ0v) is 9.01. The third kappa shape index (κ3) is 2.72. The van der Waals surface area contributed by atoms with Crippen molar-refractivity contribution in [3.8, 4) is 5.75 Å². The van der Waals surface area contributed by atoms with E-state index in [2.05, 4.69) is 13.8 Å². The van der Waals surface area contributed by atoms with Gasteiger partial charge in [0.2, 0.25) is 0 Å². The summed E-state index contributed by atoms with van der Waals surface area (Å²) >= 11 is 0. The third-order valence-electron chi connectivity index (χ3n) is 2.42. The fourth-order valence-corrected chi connectivity index (χ4v) is 1.59. The van der Waals surface area contributed by atoms with Gasteiger partial charge in [0.15, 0.2) is 0 Å². The maximum absolute atomic E-state index is 13.1. The molecule has 0 aromatic heterocycles. The first-order chi connectivity index (χ1) is 6.67. The van der Waals surface area contributed by atoms with E-state index in [-0.39, 0.29) is 5.82 Å². The minimum absolute atomic E-state index is 0.220. The van der Waals surface area contributed by atoms with Gasteiger partial charge in [-0.3, -0.25) is 0 Å². The van der Waals surface area contributed by atoms with Gasteiger partial charge in [0, 0.05) is 6.07 Å². The number of methoxy groups -OCH3 is 1. The van der Waals surface area contributed by atoms with Crippen molar-refractivity contribution in [2.45, 2.75) is 32.6 Å². The summed E-state index contributed by atoms with van der Waals surface area (Å²) in [4.78, 5) is 0. The van der Waals surface area contributed by atoms with Crippen LogP contribution in [0.1, 0.15) is 38.2 Å². The number of hydrogen-bond acceptors (Lipinski definition) is 1. The van der Waals surface area contributed by atoms with Crippen molar-refractivity contribution >= 4 is 0 Å². The molecule has 0 aliphatic heterocycles. The van der Waals surface area contributed by atoms with Crippen molar-refractivity contribution in [2.75, 3.05) is 7.11 Å². The molecule has 0 bridgehead atoms. The summed E-state index contributed by atoms with van der Waals surface area (Å²) in [5.41, 5.74) is 1.02. The van der Waals surface area contributed by atoms with Crippen LogP contribution in [0, 0.1) is 5.82 Å². The van der Waals surface area contributed by atoms with E-state index in [4.69, 9.17) is 4.74 Å². The zero-order valence-electron chi connectivity index (χ0n) is 9.01. The molecule has 1 unspecified atom stereocenters. The Hall–Kier alpha value is -1.05. The molecule has 0 radical (unpaired) electrons. The van der Waals surface area contributed by atoms with Crippen LogP contribution in [0.3, 0.4) is 0 Å². The minimum atomic E-state index is -0.220. The first kappa shape index (κ1) is 11.0. The normalized spacial score (nSPS) is 12.6. The summed E-state index contributed by atoms with van der Waals surface area (Å²) in [7, 11) is 1.56. The molecule has 0 saturated heterocycles. The van der Waals surface area contributed by atoms with Gasteiger partial charge in [0.05, 0.1) is 7.11 Å². The number of ether oxygens (including phenoxy) is 1. The Labute approximate surface area is 84.9 Å². The van der Waals surface area contributed by atoms with Crippen molar-refractivity contribution in [1.29, 1.82) is 0 Å². The van der Waals surface area contributed by atoms with Crippen LogP contribution in [-0.2, 0) is 0 Å². The number of benzene rings is 1. The van der Waals surface area contributed by atoms with Crippen molar-refractivity contribution in [3.05, 3.63) is 29.6 Å². The van der Waals surface area contributed by atoms with Gasteiger partial charge in [-0.1, -0.05) is 20.3 Å². The molecular weight excluding hydrogens is 179 g/mol. The summed E-state index contributed by atoms with van der Waals surface area (Å²) in [5, 5.41) is 0. The van der Waals surface area contributed by atoms with E-state index in [0.29, 0.717) is 11.7 Å². The Bertz CT molecular complexity index is 296. The van der Waals surface area contributed by atoms with Crippen molar-refractivity contribution in [3.63, 3.8) is 0 Å². The molecule has 78 valence electrons. The van der Waals surface area contributed by atoms with Crippen LogP contribution in [0.2, 0.25) is 0 Å². The smallest absolute Gasteiger partial charge is 0.127 e. The van der Waals surface area contributed by atoms with E-state index >= 15 is 0 Å². The predicted octanol–water partition coefficient (Wildman–Crippen LogP) is 3.74. The molecule has 1 rings (SSSR count). The second-order valence-electron chi connectivity index (χ2n) is 3.61. The lowest BCUT2D eigenvalue weighted by Crippen LogP contribution is -1.95. The van der Waals surface area contributed by atoms with Crippen LogP contribution in [-0.4, -0.2) is 7.11 Å². The zero-order chi connectivity index (χ0) is 10.6. The molecule has 1 atom stereocenters. The summed E-state index contributed by atoms with van der Waals surface area (Å²) < 4.78 is 18.2. The van der Waals surface area contributed by atoms with Crippen molar-refractivity contribution in [1.82, 2.24) is 0 Å². The lowest BCUT2D eigenvalue weighted by molar-refractivity contribution is 0.410. The van der Waals surface area contributed by atoms with Crippen LogP contribution >= 0.6 is 0 Å². The first-order valence-electron chi connectivity index (χ1n) is 5.01. The second kappa shape index (κ2) is 4.99. The van der Waals surface area contributed by atoms with Crippen molar-refractivity contribution < 1.29 is 9.13 Å². The van der Waals surface area contributed by atoms with Crippen molar-refractivity contribution in [2.24, 2.45) is 0 Å². The molecule has 1 aromatic carbocycles. The van der Waals surface area contributed by atoms with Gasteiger partial charge in [-0.2, -0.15) is 0 Å². The first-order valence-corrected chi connectivity index (χ1v) is 5.01. The fourth-order valence-electron chi connectivity index (χ4n) is 1.59. The second-order valence-corrected chi connectivity index (χ2v) is 3.61. The van der Waals surface area contributed by atoms with Gasteiger partial charge < -0.3 is 4.74 Å². The SMILES string of the molecule is CCCC(C)c1cc(F)cc(OC)c1. The summed E-state index contributed by atoms with van der Waals surface area (Å²) in [5.74, 6) is 0.773. The topological polar surface area (TPSA) is 9.23 Å². The van der Waals surface area contributed by atoms with Gasteiger partial charge in [0.25, 0.3) is 0 Å². The summed E-state index contributed by atoms with van der Waals surface area (Å²) in [6.45, 7) is 4.24. The Morgan fingerprint density at radius 2 is 2.07 bits per heavy atom. The van der Waals surface area contributed by atoms with Gasteiger partial charge in [-0.15, -0.1) is 0 Å². The van der Waals surface area contributed by atoms with E-state index in [1.54, 1.807) is 13.2 Å².